The van der Waals surface area contributed by atoms with E-state index in [0.717, 1.165) is 35.6 Å². The molecule has 0 radical (unpaired) electrons. The van der Waals surface area contributed by atoms with Gasteiger partial charge in [0.05, 0.1) is 6.61 Å². The van der Waals surface area contributed by atoms with Crippen LogP contribution in [0.1, 0.15) is 11.1 Å². The van der Waals surface area contributed by atoms with E-state index in [4.69, 9.17) is 0 Å². The van der Waals surface area contributed by atoms with Crippen molar-refractivity contribution in [3.8, 4) is 0 Å². The smallest absolute Gasteiger partial charge is 0.0717 e. The van der Waals surface area contributed by atoms with Gasteiger partial charge in [-0.15, -0.1) is 0 Å². The first-order valence-electron chi connectivity index (χ1n) is 9.03. The van der Waals surface area contributed by atoms with Gasteiger partial charge in [0, 0.05) is 58.7 Å². The molecular weight excluding hydrogens is 336 g/mol. The van der Waals surface area contributed by atoms with Crippen molar-refractivity contribution in [3.63, 3.8) is 0 Å². The summed E-state index contributed by atoms with van der Waals surface area (Å²) >= 11 is 0. The highest BCUT2D eigenvalue weighted by Gasteiger charge is 2.04. The summed E-state index contributed by atoms with van der Waals surface area (Å²) in [5.74, 6) is 0. The van der Waals surface area contributed by atoms with Crippen molar-refractivity contribution in [1.82, 2.24) is 9.97 Å². The first kappa shape index (κ1) is 17.1. The summed E-state index contributed by atoms with van der Waals surface area (Å²) in [7, 11) is 0. The predicted molar refractivity (Wildman–Crippen MR) is 110 cm³/mol. The summed E-state index contributed by atoms with van der Waals surface area (Å²) < 4.78 is 0. The molecule has 2 aromatic heterocycles. The summed E-state index contributed by atoms with van der Waals surface area (Å²) in [6.45, 7) is 0.831. The molecule has 0 amide bonds. The first-order chi connectivity index (χ1) is 13.3. The largest absolute Gasteiger partial charge is 0.392 e. The quantitative estimate of drug-likeness (QED) is 0.394. The maximum Gasteiger partial charge on any atom is 0.0717 e. The van der Waals surface area contributed by atoms with Crippen LogP contribution in [0, 0.1) is 0 Å². The summed E-state index contributed by atoms with van der Waals surface area (Å²) in [4.78, 5) is 7.35. The molecule has 5 nitrogen and oxygen atoms in total. The van der Waals surface area contributed by atoms with E-state index in [2.05, 4.69) is 57.1 Å². The molecule has 2 heterocycles. The van der Waals surface area contributed by atoms with Crippen molar-refractivity contribution in [2.45, 2.75) is 13.0 Å². The van der Waals surface area contributed by atoms with Crippen LogP contribution in [0.25, 0.3) is 10.9 Å². The van der Waals surface area contributed by atoms with Gasteiger partial charge >= 0.3 is 0 Å². The van der Waals surface area contributed by atoms with Crippen molar-refractivity contribution in [3.05, 3.63) is 84.3 Å². The van der Waals surface area contributed by atoms with E-state index in [-0.39, 0.29) is 6.61 Å². The molecule has 5 heteroatoms. The fourth-order valence-electron chi connectivity index (χ4n) is 3.18. The number of hydrogen-bond acceptors (Lipinski definition) is 4. The zero-order chi connectivity index (χ0) is 18.5. The van der Waals surface area contributed by atoms with Crippen LogP contribution in [0.4, 0.5) is 17.1 Å². The number of rotatable bonds is 7. The summed E-state index contributed by atoms with van der Waals surface area (Å²) in [5, 5.41) is 17.5. The Kier molecular flexibility index (Phi) is 5.03. The Hall–Kier alpha value is -3.31. The number of hydrogen-bond donors (Lipinski definition) is 4. The second kappa shape index (κ2) is 7.93. The van der Waals surface area contributed by atoms with Crippen LogP contribution in [0.2, 0.25) is 0 Å². The van der Waals surface area contributed by atoms with Gasteiger partial charge in [0.25, 0.3) is 0 Å². The second-order valence-corrected chi connectivity index (χ2v) is 6.43. The minimum Gasteiger partial charge on any atom is -0.392 e. The average molecular weight is 358 g/mol. The lowest BCUT2D eigenvalue weighted by Gasteiger charge is -2.11. The van der Waals surface area contributed by atoms with Crippen LogP contribution in [0.5, 0.6) is 0 Å². The fourth-order valence-corrected chi connectivity index (χ4v) is 3.18. The van der Waals surface area contributed by atoms with Gasteiger partial charge in [-0.3, -0.25) is 4.98 Å². The Labute approximate surface area is 158 Å². The molecule has 0 aliphatic heterocycles. The van der Waals surface area contributed by atoms with Crippen LogP contribution >= 0.6 is 0 Å². The number of aromatic nitrogens is 2. The zero-order valence-electron chi connectivity index (χ0n) is 14.9. The predicted octanol–water partition coefficient (Wildman–Crippen LogP) is 4.45. The third-order valence-corrected chi connectivity index (χ3v) is 4.64. The number of aromatic amines is 1. The van der Waals surface area contributed by atoms with Crippen molar-refractivity contribution < 1.29 is 5.11 Å². The van der Waals surface area contributed by atoms with E-state index in [0.29, 0.717) is 0 Å². The van der Waals surface area contributed by atoms with Crippen LogP contribution in [-0.2, 0) is 13.0 Å². The molecular formula is C22H22N4O. The fraction of sp³-hybridized carbons (Fsp3) is 0.136. The van der Waals surface area contributed by atoms with E-state index in [1.165, 1.54) is 16.5 Å². The lowest BCUT2D eigenvalue weighted by atomic mass is 10.1. The average Bonchev–Trinajstić information content (AvgIpc) is 3.13. The highest BCUT2D eigenvalue weighted by atomic mass is 16.3. The number of fused-ring (bicyclic) bond motifs is 1. The highest BCUT2D eigenvalue weighted by Crippen LogP contribution is 2.22. The minimum atomic E-state index is -0.0380. The number of anilines is 3. The van der Waals surface area contributed by atoms with Gasteiger partial charge in [-0.2, -0.15) is 0 Å². The maximum absolute atomic E-state index is 9.39. The summed E-state index contributed by atoms with van der Waals surface area (Å²) in [6, 6.07) is 18.4. The molecule has 0 fully saturated rings. The Morgan fingerprint density at radius 3 is 2.59 bits per heavy atom. The van der Waals surface area contributed by atoms with E-state index in [1.54, 1.807) is 12.4 Å². The van der Waals surface area contributed by atoms with Gasteiger partial charge in [0.15, 0.2) is 0 Å². The van der Waals surface area contributed by atoms with Crippen molar-refractivity contribution in [2.75, 3.05) is 17.2 Å². The maximum atomic E-state index is 9.39. The number of nitrogens with one attached hydrogen (secondary N) is 3. The molecule has 4 rings (SSSR count). The summed E-state index contributed by atoms with van der Waals surface area (Å²) in [5.41, 5.74) is 6.20. The second-order valence-electron chi connectivity index (χ2n) is 6.43. The summed E-state index contributed by atoms with van der Waals surface area (Å²) in [6.07, 6.45) is 6.43. The molecule has 0 saturated heterocycles. The minimum absolute atomic E-state index is 0.0380. The Balaban J connectivity index is 1.35. The standard InChI is InChI=1S/C22H22N4O/c27-15-17-13-23-11-10-21(17)26-19-7-5-18(6-8-19)24-12-9-16-14-25-22-4-2-1-3-20(16)22/h1-8,10-11,13-14,24-25,27H,9,12,15H2,(H,23,26). The normalized spacial score (nSPS) is 10.9. The molecule has 0 atom stereocenters. The molecule has 0 spiro atoms. The van der Waals surface area contributed by atoms with Crippen LogP contribution in [-0.4, -0.2) is 21.6 Å². The molecule has 27 heavy (non-hydrogen) atoms. The Morgan fingerprint density at radius 1 is 0.926 bits per heavy atom. The van der Waals surface area contributed by atoms with Gasteiger partial charge in [-0.05, 0) is 48.4 Å². The molecule has 0 saturated carbocycles. The van der Waals surface area contributed by atoms with E-state index in [9.17, 15) is 5.11 Å². The highest BCUT2D eigenvalue weighted by molar-refractivity contribution is 5.83. The number of aliphatic hydroxyl groups is 1. The van der Waals surface area contributed by atoms with Gasteiger partial charge < -0.3 is 20.7 Å². The van der Waals surface area contributed by atoms with Gasteiger partial charge in [-0.1, -0.05) is 18.2 Å². The van der Waals surface area contributed by atoms with Crippen LogP contribution < -0.4 is 10.6 Å². The number of pyridine rings is 1. The molecule has 0 aliphatic carbocycles. The first-order valence-corrected chi connectivity index (χ1v) is 9.03. The zero-order valence-corrected chi connectivity index (χ0v) is 14.9. The Morgan fingerprint density at radius 2 is 1.74 bits per heavy atom. The number of nitrogens with zero attached hydrogens (tertiary/aromatic N) is 1. The van der Waals surface area contributed by atoms with Crippen molar-refractivity contribution in [2.24, 2.45) is 0 Å². The van der Waals surface area contributed by atoms with E-state index < -0.39 is 0 Å². The van der Waals surface area contributed by atoms with Gasteiger partial charge in [-0.25, -0.2) is 0 Å². The SMILES string of the molecule is OCc1cnccc1Nc1ccc(NCCc2c[nH]c3ccccc23)cc1. The van der Waals surface area contributed by atoms with Crippen molar-refractivity contribution in [1.29, 1.82) is 0 Å². The Bertz CT molecular complexity index is 1020. The third kappa shape index (κ3) is 3.93. The van der Waals surface area contributed by atoms with Gasteiger partial charge in [0.1, 0.15) is 0 Å². The number of aliphatic hydroxyl groups excluding tert-OH is 1. The topological polar surface area (TPSA) is 73.0 Å². The molecule has 136 valence electrons. The van der Waals surface area contributed by atoms with Gasteiger partial charge in [0.2, 0.25) is 0 Å². The molecule has 0 bridgehead atoms. The number of para-hydroxylation sites is 1. The van der Waals surface area contributed by atoms with E-state index >= 15 is 0 Å². The lowest BCUT2D eigenvalue weighted by molar-refractivity contribution is 0.282. The molecule has 0 aliphatic rings. The third-order valence-electron chi connectivity index (χ3n) is 4.64. The van der Waals surface area contributed by atoms with Crippen molar-refractivity contribution >= 4 is 28.0 Å². The number of H-pyrrole nitrogens is 1. The molecule has 4 N–H and O–H groups in total. The monoisotopic (exact) mass is 358 g/mol. The van der Waals surface area contributed by atoms with E-state index in [1.807, 2.05) is 24.3 Å². The lowest BCUT2D eigenvalue weighted by Crippen LogP contribution is -2.04. The molecule has 4 aromatic rings. The number of benzene rings is 2. The molecule has 2 aromatic carbocycles. The van der Waals surface area contributed by atoms with Crippen LogP contribution in [0.15, 0.2) is 73.2 Å². The molecule has 0 unspecified atom stereocenters. The van der Waals surface area contributed by atoms with Crippen LogP contribution in [0.3, 0.4) is 0 Å².